The number of carbonyl (C=O) groups excluding carboxylic acids is 2. The van der Waals surface area contributed by atoms with Crippen LogP contribution >= 0.6 is 0 Å². The second-order valence-corrected chi connectivity index (χ2v) is 7.26. The van der Waals surface area contributed by atoms with Gasteiger partial charge in [0.1, 0.15) is 5.75 Å². The van der Waals surface area contributed by atoms with Crippen LogP contribution in [-0.4, -0.2) is 35.9 Å². The maximum atomic E-state index is 12.5. The zero-order chi connectivity index (χ0) is 19.9. The zero-order valence-electron chi connectivity index (χ0n) is 16.4. The van der Waals surface area contributed by atoms with Gasteiger partial charge in [-0.05, 0) is 62.1 Å². The SMILES string of the molecule is Cc1cc(C)cc(OCC(=O)NNC(=O)C2CCCN2Cc2ccccc2)c1. The van der Waals surface area contributed by atoms with Crippen molar-refractivity contribution in [3.05, 3.63) is 65.2 Å². The van der Waals surface area contributed by atoms with E-state index in [0.29, 0.717) is 5.75 Å². The first-order valence-corrected chi connectivity index (χ1v) is 9.59. The van der Waals surface area contributed by atoms with E-state index in [0.717, 1.165) is 37.1 Å². The van der Waals surface area contributed by atoms with Crippen molar-refractivity contribution in [1.29, 1.82) is 0 Å². The number of rotatable bonds is 6. The molecule has 3 rings (SSSR count). The van der Waals surface area contributed by atoms with Crippen molar-refractivity contribution in [1.82, 2.24) is 15.8 Å². The highest BCUT2D eigenvalue weighted by Gasteiger charge is 2.30. The van der Waals surface area contributed by atoms with Crippen molar-refractivity contribution in [2.24, 2.45) is 0 Å². The molecule has 2 N–H and O–H groups in total. The van der Waals surface area contributed by atoms with E-state index in [1.165, 1.54) is 5.56 Å². The van der Waals surface area contributed by atoms with E-state index in [2.05, 4.69) is 27.9 Å². The molecule has 0 aliphatic carbocycles. The summed E-state index contributed by atoms with van der Waals surface area (Å²) in [6.07, 6.45) is 1.75. The van der Waals surface area contributed by atoms with E-state index in [1.54, 1.807) is 0 Å². The second kappa shape index (κ2) is 9.37. The van der Waals surface area contributed by atoms with Crippen LogP contribution in [-0.2, 0) is 16.1 Å². The van der Waals surface area contributed by atoms with Crippen LogP contribution in [0.2, 0.25) is 0 Å². The van der Waals surface area contributed by atoms with Crippen molar-refractivity contribution in [2.45, 2.75) is 39.3 Å². The van der Waals surface area contributed by atoms with Crippen LogP contribution < -0.4 is 15.6 Å². The summed E-state index contributed by atoms with van der Waals surface area (Å²) in [5.74, 6) is 0.0668. The fraction of sp³-hybridized carbons (Fsp3) is 0.364. The summed E-state index contributed by atoms with van der Waals surface area (Å²) in [7, 11) is 0. The summed E-state index contributed by atoms with van der Waals surface area (Å²) in [5, 5.41) is 0. The Morgan fingerprint density at radius 2 is 1.79 bits per heavy atom. The summed E-state index contributed by atoms with van der Waals surface area (Å²) in [4.78, 5) is 26.7. The maximum Gasteiger partial charge on any atom is 0.276 e. The zero-order valence-corrected chi connectivity index (χ0v) is 16.4. The van der Waals surface area contributed by atoms with E-state index in [4.69, 9.17) is 4.74 Å². The predicted molar refractivity (Wildman–Crippen MR) is 108 cm³/mol. The molecule has 1 aliphatic heterocycles. The molecule has 0 saturated carbocycles. The first-order valence-electron chi connectivity index (χ1n) is 9.59. The van der Waals surface area contributed by atoms with Crippen LogP contribution in [0.3, 0.4) is 0 Å². The number of hydrogen-bond donors (Lipinski definition) is 2. The number of likely N-dealkylation sites (tertiary alicyclic amines) is 1. The molecule has 0 aromatic heterocycles. The number of amides is 2. The van der Waals surface area contributed by atoms with Gasteiger partial charge in [0, 0.05) is 6.54 Å². The Kier molecular flexibility index (Phi) is 6.66. The fourth-order valence-electron chi connectivity index (χ4n) is 3.55. The molecule has 0 bridgehead atoms. The van der Waals surface area contributed by atoms with E-state index in [-0.39, 0.29) is 24.5 Å². The largest absolute Gasteiger partial charge is 0.484 e. The topological polar surface area (TPSA) is 70.7 Å². The van der Waals surface area contributed by atoms with Gasteiger partial charge in [-0.25, -0.2) is 0 Å². The minimum Gasteiger partial charge on any atom is -0.484 e. The first kappa shape index (κ1) is 19.9. The van der Waals surface area contributed by atoms with Crippen molar-refractivity contribution >= 4 is 11.8 Å². The Morgan fingerprint density at radius 1 is 1.07 bits per heavy atom. The number of ether oxygens (including phenoxy) is 1. The molecular formula is C22H27N3O3. The standard InChI is InChI=1S/C22H27N3O3/c1-16-11-17(2)13-19(12-16)28-15-21(26)23-24-22(27)20-9-6-10-25(20)14-18-7-4-3-5-8-18/h3-5,7-8,11-13,20H,6,9-10,14-15H2,1-2H3,(H,23,26)(H,24,27). The summed E-state index contributed by atoms with van der Waals surface area (Å²) in [6, 6.07) is 15.6. The highest BCUT2D eigenvalue weighted by atomic mass is 16.5. The number of nitrogens with one attached hydrogen (secondary N) is 2. The van der Waals surface area contributed by atoms with Gasteiger partial charge in [0.15, 0.2) is 6.61 Å². The quantitative estimate of drug-likeness (QED) is 0.755. The molecule has 2 aromatic carbocycles. The van der Waals surface area contributed by atoms with E-state index >= 15 is 0 Å². The Morgan fingerprint density at radius 3 is 2.50 bits per heavy atom. The fourth-order valence-corrected chi connectivity index (χ4v) is 3.55. The highest BCUT2D eigenvalue weighted by Crippen LogP contribution is 2.20. The molecule has 0 radical (unpaired) electrons. The smallest absolute Gasteiger partial charge is 0.276 e. The summed E-state index contributed by atoms with van der Waals surface area (Å²) in [5.41, 5.74) is 8.31. The lowest BCUT2D eigenvalue weighted by atomic mass is 10.1. The number of hydrazine groups is 1. The lowest BCUT2D eigenvalue weighted by molar-refractivity contribution is -0.132. The average molecular weight is 381 g/mol. The van der Waals surface area contributed by atoms with Gasteiger partial charge in [-0.15, -0.1) is 0 Å². The second-order valence-electron chi connectivity index (χ2n) is 7.26. The molecule has 28 heavy (non-hydrogen) atoms. The third-order valence-electron chi connectivity index (χ3n) is 4.79. The molecule has 1 saturated heterocycles. The van der Waals surface area contributed by atoms with Crippen LogP contribution in [0.4, 0.5) is 0 Å². The van der Waals surface area contributed by atoms with Gasteiger partial charge in [0.05, 0.1) is 6.04 Å². The van der Waals surface area contributed by atoms with E-state index in [9.17, 15) is 9.59 Å². The monoisotopic (exact) mass is 381 g/mol. The molecule has 2 aromatic rings. The van der Waals surface area contributed by atoms with Crippen LogP contribution in [0.15, 0.2) is 48.5 Å². The third-order valence-corrected chi connectivity index (χ3v) is 4.79. The maximum absolute atomic E-state index is 12.5. The first-order chi connectivity index (χ1) is 13.5. The Hall–Kier alpha value is -2.86. The van der Waals surface area contributed by atoms with Gasteiger partial charge in [-0.1, -0.05) is 36.4 Å². The normalized spacial score (nSPS) is 16.6. The Balaban J connectivity index is 1.45. The number of carbonyl (C=O) groups is 2. The van der Waals surface area contributed by atoms with Crippen molar-refractivity contribution in [3.63, 3.8) is 0 Å². The van der Waals surface area contributed by atoms with Crippen molar-refractivity contribution in [2.75, 3.05) is 13.2 Å². The third kappa shape index (κ3) is 5.57. The van der Waals surface area contributed by atoms with Crippen molar-refractivity contribution < 1.29 is 14.3 Å². The summed E-state index contributed by atoms with van der Waals surface area (Å²) < 4.78 is 5.51. The molecule has 1 aliphatic rings. The van der Waals surface area contributed by atoms with Gasteiger partial charge in [0.2, 0.25) is 0 Å². The molecule has 0 spiro atoms. The lowest BCUT2D eigenvalue weighted by Crippen LogP contribution is -2.51. The molecule has 6 nitrogen and oxygen atoms in total. The molecule has 6 heteroatoms. The number of nitrogens with zero attached hydrogens (tertiary/aromatic N) is 1. The lowest BCUT2D eigenvalue weighted by Gasteiger charge is -2.23. The van der Waals surface area contributed by atoms with Crippen LogP contribution in [0, 0.1) is 13.8 Å². The molecule has 1 unspecified atom stereocenters. The molecule has 1 fully saturated rings. The average Bonchev–Trinajstić information content (AvgIpc) is 3.12. The van der Waals surface area contributed by atoms with Gasteiger partial charge >= 0.3 is 0 Å². The molecular weight excluding hydrogens is 354 g/mol. The van der Waals surface area contributed by atoms with Gasteiger partial charge in [-0.3, -0.25) is 25.3 Å². The van der Waals surface area contributed by atoms with Crippen LogP contribution in [0.1, 0.15) is 29.5 Å². The minimum absolute atomic E-state index is 0.151. The summed E-state index contributed by atoms with van der Waals surface area (Å²) >= 11 is 0. The van der Waals surface area contributed by atoms with Crippen LogP contribution in [0.5, 0.6) is 5.75 Å². The highest BCUT2D eigenvalue weighted by molar-refractivity contribution is 5.85. The van der Waals surface area contributed by atoms with E-state index in [1.807, 2.05) is 50.2 Å². The molecule has 148 valence electrons. The van der Waals surface area contributed by atoms with Gasteiger partial charge in [0.25, 0.3) is 11.8 Å². The Bertz CT molecular complexity index is 803. The molecule has 1 heterocycles. The van der Waals surface area contributed by atoms with Gasteiger partial charge < -0.3 is 4.74 Å². The van der Waals surface area contributed by atoms with Gasteiger partial charge in [-0.2, -0.15) is 0 Å². The number of benzene rings is 2. The van der Waals surface area contributed by atoms with Crippen LogP contribution in [0.25, 0.3) is 0 Å². The Labute approximate surface area is 165 Å². The molecule has 1 atom stereocenters. The minimum atomic E-state index is -0.389. The van der Waals surface area contributed by atoms with E-state index < -0.39 is 0 Å². The number of aryl methyl sites for hydroxylation is 2. The summed E-state index contributed by atoms with van der Waals surface area (Å²) in [6.45, 7) is 5.40. The van der Waals surface area contributed by atoms with Crippen molar-refractivity contribution in [3.8, 4) is 5.75 Å². The predicted octanol–water partition coefficient (Wildman–Crippen LogP) is 2.49. The molecule has 2 amide bonds. The number of hydrogen-bond acceptors (Lipinski definition) is 4.